The normalized spacial score (nSPS) is 24.2. The number of nitrogens with one attached hydrogen (secondary N) is 2. The first-order chi connectivity index (χ1) is 27.8. The lowest BCUT2D eigenvalue weighted by Crippen LogP contribution is -2.60. The number of rotatable bonds is 11. The first-order valence-electron chi connectivity index (χ1n) is 19.3. The summed E-state index contributed by atoms with van der Waals surface area (Å²) in [5, 5.41) is 14.1. The number of piperazine rings is 1. The van der Waals surface area contributed by atoms with Crippen LogP contribution in [0.1, 0.15) is 81.5 Å². The SMILES string of the molecule is CC1(C)C(=O)N(c2ccc(C#N)c(C(F)(F)F)c2)C(=S)N1C1CCC(OCCCN2CCN(CC(=O)Nc3ccc(C4CCC(=O)NC4=O)nc3)[C@@H](C(F)(F)F)C2)CC1.Cl. The Morgan fingerprint density at radius 1 is 1.05 bits per heavy atom. The molecule has 0 radical (unpaired) electrons. The Morgan fingerprint density at radius 3 is 2.38 bits per heavy atom. The second-order valence-electron chi connectivity index (χ2n) is 15.7. The summed E-state index contributed by atoms with van der Waals surface area (Å²) in [6, 6.07) is 5.60. The van der Waals surface area contributed by atoms with Crippen LogP contribution in [-0.2, 0) is 30.1 Å². The van der Waals surface area contributed by atoms with Gasteiger partial charge in [-0.2, -0.15) is 31.6 Å². The number of imide groups is 1. The zero-order chi connectivity index (χ0) is 42.9. The van der Waals surface area contributed by atoms with Crippen LogP contribution in [0.2, 0.25) is 0 Å². The van der Waals surface area contributed by atoms with E-state index in [9.17, 15) is 50.8 Å². The average Bonchev–Trinajstić information content (AvgIpc) is 3.35. The lowest BCUT2D eigenvalue weighted by Gasteiger charge is -2.42. The number of alkyl halides is 6. The maximum Gasteiger partial charge on any atom is 0.417 e. The smallest absolute Gasteiger partial charge is 0.378 e. The third-order valence-corrected chi connectivity index (χ3v) is 11.7. The molecule has 1 saturated carbocycles. The van der Waals surface area contributed by atoms with Crippen molar-refractivity contribution in [1.82, 2.24) is 25.0 Å². The quantitative estimate of drug-likeness (QED) is 0.127. The third-order valence-electron chi connectivity index (χ3n) is 11.4. The van der Waals surface area contributed by atoms with E-state index in [1.54, 1.807) is 23.6 Å². The number of hydrogen-bond donors (Lipinski definition) is 2. The number of halogens is 7. The Labute approximate surface area is 354 Å². The van der Waals surface area contributed by atoms with Gasteiger partial charge in [-0.3, -0.25) is 39.3 Å². The Bertz CT molecular complexity index is 1990. The zero-order valence-electron chi connectivity index (χ0n) is 32.8. The lowest BCUT2D eigenvalue weighted by molar-refractivity contribution is -0.197. The highest BCUT2D eigenvalue weighted by Crippen LogP contribution is 2.41. The van der Waals surface area contributed by atoms with Gasteiger partial charge in [0.1, 0.15) is 11.6 Å². The van der Waals surface area contributed by atoms with Crippen molar-refractivity contribution in [3.05, 3.63) is 53.3 Å². The molecule has 326 valence electrons. The highest BCUT2D eigenvalue weighted by Gasteiger charge is 2.53. The summed E-state index contributed by atoms with van der Waals surface area (Å²) >= 11 is 5.68. The molecule has 21 heteroatoms. The van der Waals surface area contributed by atoms with E-state index in [1.165, 1.54) is 30.5 Å². The van der Waals surface area contributed by atoms with Gasteiger partial charge in [0.05, 0.1) is 59.0 Å². The first-order valence-corrected chi connectivity index (χ1v) is 19.7. The van der Waals surface area contributed by atoms with Gasteiger partial charge < -0.3 is 19.9 Å². The summed E-state index contributed by atoms with van der Waals surface area (Å²) in [5.74, 6) is -2.56. The molecule has 2 atom stereocenters. The number of nitrogens with zero attached hydrogens (tertiary/aromatic N) is 6. The number of thiocarbonyl (C=S) groups is 1. The van der Waals surface area contributed by atoms with Gasteiger partial charge in [-0.05, 0) is 94.9 Å². The molecule has 60 heavy (non-hydrogen) atoms. The number of nitriles is 1. The van der Waals surface area contributed by atoms with Crippen LogP contribution < -0.4 is 15.5 Å². The largest absolute Gasteiger partial charge is 0.417 e. The number of amides is 4. The van der Waals surface area contributed by atoms with Crippen LogP contribution in [0.4, 0.5) is 37.7 Å². The molecule has 6 rings (SSSR count). The number of anilines is 2. The van der Waals surface area contributed by atoms with Gasteiger partial charge in [0.2, 0.25) is 17.7 Å². The Hall–Kier alpha value is -4.42. The van der Waals surface area contributed by atoms with Crippen molar-refractivity contribution in [3.63, 3.8) is 0 Å². The predicted molar refractivity (Wildman–Crippen MR) is 212 cm³/mol. The molecule has 4 fully saturated rings. The van der Waals surface area contributed by atoms with Crippen molar-refractivity contribution in [2.75, 3.05) is 49.5 Å². The van der Waals surface area contributed by atoms with E-state index < -0.39 is 65.2 Å². The van der Waals surface area contributed by atoms with Crippen LogP contribution in [0.3, 0.4) is 0 Å². The van der Waals surface area contributed by atoms with Gasteiger partial charge in [0, 0.05) is 45.2 Å². The van der Waals surface area contributed by atoms with E-state index >= 15 is 0 Å². The van der Waals surface area contributed by atoms with E-state index in [-0.39, 0.29) is 66.5 Å². The summed E-state index contributed by atoms with van der Waals surface area (Å²) in [6.07, 6.45) is -4.85. The summed E-state index contributed by atoms with van der Waals surface area (Å²) in [6.45, 7) is 3.53. The molecule has 2 N–H and O–H groups in total. The van der Waals surface area contributed by atoms with Crippen LogP contribution >= 0.6 is 24.6 Å². The highest BCUT2D eigenvalue weighted by molar-refractivity contribution is 7.80. The minimum absolute atomic E-state index is 0. The number of benzene rings is 1. The van der Waals surface area contributed by atoms with Crippen molar-refractivity contribution in [2.24, 2.45) is 0 Å². The molecule has 0 spiro atoms. The monoisotopic (exact) mass is 886 g/mol. The minimum Gasteiger partial charge on any atom is -0.378 e. The van der Waals surface area contributed by atoms with Crippen LogP contribution in [0.15, 0.2) is 36.5 Å². The number of piperidine rings is 1. The Balaban J connectivity index is 0.00000683. The molecule has 0 bridgehead atoms. The number of hydrogen-bond acceptors (Lipinski definition) is 10. The van der Waals surface area contributed by atoms with Gasteiger partial charge in [-0.15, -0.1) is 12.4 Å². The molecule has 3 saturated heterocycles. The van der Waals surface area contributed by atoms with Gasteiger partial charge in [-0.25, -0.2) is 0 Å². The second kappa shape index (κ2) is 18.7. The fraction of sp³-hybridized carbons (Fsp3) is 0.564. The van der Waals surface area contributed by atoms with Gasteiger partial charge in [0.25, 0.3) is 5.91 Å². The van der Waals surface area contributed by atoms with Crippen LogP contribution in [0.25, 0.3) is 0 Å². The Morgan fingerprint density at radius 2 is 1.77 bits per heavy atom. The van der Waals surface area contributed by atoms with E-state index in [1.807, 2.05) is 0 Å². The molecule has 3 aliphatic heterocycles. The number of carbonyl (C=O) groups excluding carboxylic acids is 4. The van der Waals surface area contributed by atoms with E-state index in [0.29, 0.717) is 63.9 Å². The fourth-order valence-electron chi connectivity index (χ4n) is 8.29. The third kappa shape index (κ3) is 10.4. The molecule has 1 aromatic carbocycles. The summed E-state index contributed by atoms with van der Waals surface area (Å²) < 4.78 is 89.8. The van der Waals surface area contributed by atoms with Crippen molar-refractivity contribution < 1.29 is 50.3 Å². The van der Waals surface area contributed by atoms with Crippen LogP contribution in [0.5, 0.6) is 0 Å². The minimum atomic E-state index is -4.81. The first kappa shape index (κ1) is 46.6. The molecule has 1 aliphatic carbocycles. The van der Waals surface area contributed by atoms with Gasteiger partial charge in [-0.1, -0.05) is 0 Å². The zero-order valence-corrected chi connectivity index (χ0v) is 34.4. The number of ether oxygens (including phenoxy) is 1. The van der Waals surface area contributed by atoms with Gasteiger partial charge in [0.15, 0.2) is 5.11 Å². The molecule has 4 aliphatic rings. The van der Waals surface area contributed by atoms with Crippen molar-refractivity contribution in [1.29, 1.82) is 5.26 Å². The van der Waals surface area contributed by atoms with Crippen molar-refractivity contribution >= 4 is 64.7 Å². The van der Waals surface area contributed by atoms with Crippen molar-refractivity contribution in [2.45, 2.75) is 101 Å². The topological polar surface area (TPSA) is 151 Å². The van der Waals surface area contributed by atoms with Crippen LogP contribution in [-0.4, -0.2) is 118 Å². The molecule has 4 heterocycles. The molecular formula is C39H45ClF6N8O5S. The second-order valence-corrected chi connectivity index (χ2v) is 16.1. The number of aromatic nitrogens is 1. The van der Waals surface area contributed by atoms with E-state index in [2.05, 4.69) is 15.6 Å². The number of pyridine rings is 1. The molecule has 2 aromatic rings. The highest BCUT2D eigenvalue weighted by atomic mass is 35.5. The molecule has 4 amide bonds. The predicted octanol–water partition coefficient (Wildman–Crippen LogP) is 5.53. The average molecular weight is 887 g/mol. The summed E-state index contributed by atoms with van der Waals surface area (Å²) in [7, 11) is 0. The standard InChI is InChI=1S/C39H44F6N8O5S.ClH/c1-37(2)35(57)52(26-6-4-23(19-46)29(18-26)38(40,41)42)36(59)53(37)25-7-9-27(10-8-25)58-17-3-14-50-15-16-51(31(21-50)39(43,44)45)22-33(55)48-24-5-12-30(47-20-24)28-11-13-32(54)49-34(28)56;/h4-6,12,18,20,25,27-28,31H,3,7-11,13-17,21-22H2,1-2H3,(H,48,55)(H,49,54,56);1H/t25?,27?,28?,31-;/m1./s1. The number of carbonyl (C=O) groups is 4. The lowest BCUT2D eigenvalue weighted by atomic mass is 9.89. The maximum atomic E-state index is 14.2. The molecule has 13 nitrogen and oxygen atoms in total. The summed E-state index contributed by atoms with van der Waals surface area (Å²) in [4.78, 5) is 59.8. The van der Waals surface area contributed by atoms with E-state index in [4.69, 9.17) is 17.0 Å². The molecule has 1 aromatic heterocycles. The fourth-order valence-corrected chi connectivity index (χ4v) is 8.85. The van der Waals surface area contributed by atoms with Gasteiger partial charge >= 0.3 is 12.4 Å². The molecular weight excluding hydrogens is 842 g/mol. The van der Waals surface area contributed by atoms with E-state index in [0.717, 1.165) is 21.9 Å². The Kier molecular flexibility index (Phi) is 14.5. The maximum absolute atomic E-state index is 14.2. The summed E-state index contributed by atoms with van der Waals surface area (Å²) in [5.41, 5.74) is -2.26. The van der Waals surface area contributed by atoms with Crippen LogP contribution in [0, 0.1) is 11.3 Å². The van der Waals surface area contributed by atoms with Crippen molar-refractivity contribution in [3.8, 4) is 6.07 Å². The molecule has 1 unspecified atom stereocenters.